The van der Waals surface area contributed by atoms with Crippen molar-refractivity contribution in [2.75, 3.05) is 20.3 Å². The summed E-state index contributed by atoms with van der Waals surface area (Å²) < 4.78 is 5.62. The van der Waals surface area contributed by atoms with Crippen LogP contribution in [0.3, 0.4) is 0 Å². The zero-order valence-corrected chi connectivity index (χ0v) is 11.1. The number of hydrogen-bond donors (Lipinski definition) is 1. The van der Waals surface area contributed by atoms with Crippen LogP contribution in [0.15, 0.2) is 22.9 Å². The average molecular weight is 308 g/mol. The van der Waals surface area contributed by atoms with Gasteiger partial charge in [0.25, 0.3) is 5.91 Å². The van der Waals surface area contributed by atoms with Gasteiger partial charge in [-0.2, -0.15) is 0 Å². The molecule has 1 amide bonds. The molecule has 0 aliphatic rings. The normalized spacial score (nSPS) is 12.2. The fourth-order valence-corrected chi connectivity index (χ4v) is 1.65. The molecule has 0 fully saturated rings. The lowest BCUT2D eigenvalue weighted by Crippen LogP contribution is -2.31. The van der Waals surface area contributed by atoms with Gasteiger partial charge in [0.05, 0.1) is 17.5 Å². The smallest absolute Gasteiger partial charge is 0.252 e. The molecule has 0 bridgehead atoms. The quantitative estimate of drug-likeness (QED) is 0.844. The Hall–Kier alpha value is -0.650. The topological polar surface area (TPSA) is 51.2 Å². The Kier molecular flexibility index (Phi) is 5.73. The number of carbonyl (C=O) groups excluding carboxylic acids is 1. The third-order valence-corrected chi connectivity index (χ3v) is 2.51. The highest BCUT2D eigenvalue weighted by Crippen LogP contribution is 2.09. The van der Waals surface area contributed by atoms with Gasteiger partial charge in [0.15, 0.2) is 0 Å². The van der Waals surface area contributed by atoms with Crippen LogP contribution in [0.5, 0.6) is 0 Å². The maximum Gasteiger partial charge on any atom is 0.252 e. The van der Waals surface area contributed by atoms with E-state index in [9.17, 15) is 4.79 Å². The fraction of sp³-hybridized carbons (Fsp3) is 0.400. The van der Waals surface area contributed by atoms with Crippen LogP contribution in [0.1, 0.15) is 10.4 Å². The lowest BCUT2D eigenvalue weighted by Gasteiger charge is -2.09. The molecule has 0 saturated heterocycles. The molecular weight excluding hydrogens is 295 g/mol. The first kappa shape index (κ1) is 13.4. The van der Waals surface area contributed by atoms with Crippen molar-refractivity contribution >= 4 is 33.4 Å². The number of carbonyl (C=O) groups is 1. The zero-order valence-electron chi connectivity index (χ0n) is 8.74. The Morgan fingerprint density at radius 2 is 2.44 bits per heavy atom. The van der Waals surface area contributed by atoms with Crippen molar-refractivity contribution < 1.29 is 9.53 Å². The number of hydrogen-bond acceptors (Lipinski definition) is 3. The highest BCUT2D eigenvalue weighted by Gasteiger charge is 2.09. The molecule has 1 unspecified atom stereocenters. The summed E-state index contributed by atoms with van der Waals surface area (Å²) in [6, 6.07) is 1.70. The molecule has 0 aliphatic carbocycles. The highest BCUT2D eigenvalue weighted by molar-refractivity contribution is 9.10. The third kappa shape index (κ3) is 4.47. The molecule has 0 spiro atoms. The minimum absolute atomic E-state index is 0.199. The van der Waals surface area contributed by atoms with E-state index in [1.165, 1.54) is 6.20 Å². The molecule has 1 aromatic rings. The van der Waals surface area contributed by atoms with Gasteiger partial charge in [-0.25, -0.2) is 0 Å². The molecule has 1 heterocycles. The first-order chi connectivity index (χ1) is 7.63. The Labute approximate surface area is 107 Å². The minimum Gasteiger partial charge on any atom is -0.383 e. The van der Waals surface area contributed by atoms with E-state index in [0.717, 1.165) is 4.47 Å². The zero-order chi connectivity index (χ0) is 12.0. The van der Waals surface area contributed by atoms with Crippen molar-refractivity contribution in [2.24, 2.45) is 0 Å². The molecule has 1 rings (SSSR count). The summed E-state index contributed by atoms with van der Waals surface area (Å²) in [6.07, 6.45) is 3.12. The van der Waals surface area contributed by atoms with Crippen molar-refractivity contribution in [3.63, 3.8) is 0 Å². The second-order valence-electron chi connectivity index (χ2n) is 3.15. The Morgan fingerprint density at radius 3 is 3.06 bits per heavy atom. The number of amides is 1. The maximum absolute atomic E-state index is 11.6. The predicted molar refractivity (Wildman–Crippen MR) is 65.8 cm³/mol. The average Bonchev–Trinajstić information content (AvgIpc) is 2.26. The number of alkyl halides is 1. The summed E-state index contributed by atoms with van der Waals surface area (Å²) in [5, 5.41) is 2.47. The number of nitrogens with one attached hydrogen (secondary N) is 1. The number of aromatic nitrogens is 1. The van der Waals surface area contributed by atoms with Crippen molar-refractivity contribution in [2.45, 2.75) is 5.38 Å². The molecule has 0 saturated carbocycles. The van der Waals surface area contributed by atoms with Crippen LogP contribution in [-0.4, -0.2) is 36.5 Å². The molecule has 0 aromatic carbocycles. The van der Waals surface area contributed by atoms with Crippen molar-refractivity contribution in [3.05, 3.63) is 28.5 Å². The molecule has 0 radical (unpaired) electrons. The van der Waals surface area contributed by atoms with E-state index in [1.807, 2.05) is 0 Å². The molecular formula is C10H12BrClN2O2. The van der Waals surface area contributed by atoms with E-state index in [2.05, 4.69) is 26.2 Å². The van der Waals surface area contributed by atoms with Crippen LogP contribution in [0.25, 0.3) is 0 Å². The van der Waals surface area contributed by atoms with Crippen molar-refractivity contribution in [1.82, 2.24) is 10.3 Å². The van der Waals surface area contributed by atoms with Gasteiger partial charge in [0, 0.05) is 30.5 Å². The molecule has 6 heteroatoms. The molecule has 1 atom stereocenters. The van der Waals surface area contributed by atoms with E-state index in [4.69, 9.17) is 16.3 Å². The summed E-state index contributed by atoms with van der Waals surface area (Å²) in [6.45, 7) is 0.763. The van der Waals surface area contributed by atoms with E-state index in [1.54, 1.807) is 19.4 Å². The highest BCUT2D eigenvalue weighted by atomic mass is 79.9. The second-order valence-corrected chi connectivity index (χ2v) is 4.69. The Balaban J connectivity index is 2.47. The molecule has 16 heavy (non-hydrogen) atoms. The molecule has 0 aliphatic heterocycles. The van der Waals surface area contributed by atoms with E-state index >= 15 is 0 Å². The number of pyridine rings is 1. The Bertz CT molecular complexity index is 362. The van der Waals surface area contributed by atoms with Gasteiger partial charge in [-0.15, -0.1) is 11.6 Å². The van der Waals surface area contributed by atoms with Crippen LogP contribution >= 0.6 is 27.5 Å². The summed E-state index contributed by atoms with van der Waals surface area (Å²) in [5.41, 5.74) is 0.496. The summed E-state index contributed by atoms with van der Waals surface area (Å²) in [4.78, 5) is 15.5. The fourth-order valence-electron chi connectivity index (χ4n) is 1.08. The lowest BCUT2D eigenvalue weighted by atomic mass is 10.2. The Morgan fingerprint density at radius 1 is 1.69 bits per heavy atom. The maximum atomic E-state index is 11.6. The van der Waals surface area contributed by atoms with Crippen molar-refractivity contribution in [3.8, 4) is 0 Å². The van der Waals surface area contributed by atoms with E-state index in [-0.39, 0.29) is 11.3 Å². The van der Waals surface area contributed by atoms with Gasteiger partial charge in [-0.3, -0.25) is 9.78 Å². The van der Waals surface area contributed by atoms with Gasteiger partial charge in [-0.05, 0) is 22.0 Å². The minimum atomic E-state index is -0.228. The number of rotatable bonds is 5. The SMILES string of the molecule is COCC(Cl)CNC(=O)c1cncc(Br)c1. The predicted octanol–water partition coefficient (Wildman–Crippen LogP) is 1.83. The number of halogens is 2. The van der Waals surface area contributed by atoms with Crippen LogP contribution in [0.4, 0.5) is 0 Å². The second kappa shape index (κ2) is 6.83. The summed E-state index contributed by atoms with van der Waals surface area (Å²) in [5.74, 6) is -0.199. The third-order valence-electron chi connectivity index (χ3n) is 1.80. The lowest BCUT2D eigenvalue weighted by molar-refractivity contribution is 0.0949. The number of ether oxygens (including phenoxy) is 1. The largest absolute Gasteiger partial charge is 0.383 e. The van der Waals surface area contributed by atoms with Crippen LogP contribution in [0.2, 0.25) is 0 Å². The van der Waals surface area contributed by atoms with Gasteiger partial charge < -0.3 is 10.1 Å². The molecule has 1 N–H and O–H groups in total. The number of nitrogens with zero attached hydrogens (tertiary/aromatic N) is 1. The van der Waals surface area contributed by atoms with Crippen LogP contribution in [-0.2, 0) is 4.74 Å². The molecule has 88 valence electrons. The van der Waals surface area contributed by atoms with E-state index in [0.29, 0.717) is 18.7 Å². The van der Waals surface area contributed by atoms with Gasteiger partial charge in [0.1, 0.15) is 0 Å². The standard InChI is InChI=1S/C10H12BrClN2O2/c1-16-6-9(12)5-14-10(15)7-2-8(11)4-13-3-7/h2-4,9H,5-6H2,1H3,(H,14,15). The van der Waals surface area contributed by atoms with Gasteiger partial charge in [-0.1, -0.05) is 0 Å². The van der Waals surface area contributed by atoms with Gasteiger partial charge in [0.2, 0.25) is 0 Å². The molecule has 4 nitrogen and oxygen atoms in total. The van der Waals surface area contributed by atoms with Crippen LogP contribution in [0, 0.1) is 0 Å². The summed E-state index contributed by atoms with van der Waals surface area (Å²) in [7, 11) is 1.56. The molecule has 1 aromatic heterocycles. The summed E-state index contributed by atoms with van der Waals surface area (Å²) >= 11 is 9.13. The van der Waals surface area contributed by atoms with Crippen molar-refractivity contribution in [1.29, 1.82) is 0 Å². The number of methoxy groups -OCH3 is 1. The van der Waals surface area contributed by atoms with Crippen LogP contribution < -0.4 is 5.32 Å². The monoisotopic (exact) mass is 306 g/mol. The first-order valence-electron chi connectivity index (χ1n) is 4.65. The van der Waals surface area contributed by atoms with Gasteiger partial charge >= 0.3 is 0 Å². The van der Waals surface area contributed by atoms with E-state index < -0.39 is 0 Å². The first-order valence-corrected chi connectivity index (χ1v) is 5.88.